The summed E-state index contributed by atoms with van der Waals surface area (Å²) in [7, 11) is 1.00. The van der Waals surface area contributed by atoms with Gasteiger partial charge in [0.2, 0.25) is 0 Å². The average molecular weight is 573 g/mol. The van der Waals surface area contributed by atoms with E-state index in [1.807, 2.05) is 20.8 Å². The van der Waals surface area contributed by atoms with Crippen molar-refractivity contribution < 1.29 is 33.8 Å². The Hall–Kier alpha value is -2.24. The van der Waals surface area contributed by atoms with Crippen LogP contribution in [0, 0.1) is 11.8 Å². The number of rotatable bonds is 9. The molecule has 0 spiro atoms. The van der Waals surface area contributed by atoms with Crippen LogP contribution in [0.2, 0.25) is 0 Å². The molecule has 11 heteroatoms. The second-order valence-electron chi connectivity index (χ2n) is 12.1. The second kappa shape index (κ2) is 19.8. The van der Waals surface area contributed by atoms with Crippen molar-refractivity contribution in [2.24, 2.45) is 17.6 Å². The van der Waals surface area contributed by atoms with Crippen molar-refractivity contribution in [3.05, 3.63) is 0 Å². The number of carbonyl (C=O) groups is 4. The molecule has 0 saturated carbocycles. The van der Waals surface area contributed by atoms with E-state index >= 15 is 0 Å². The molecule has 0 unspecified atom stereocenters. The lowest BCUT2D eigenvalue weighted by atomic mass is 9.90. The van der Waals surface area contributed by atoms with Crippen molar-refractivity contribution in [2.45, 2.75) is 104 Å². The fraction of sp³-hybridized carbons (Fsp3) is 0.862. The largest absolute Gasteiger partial charge is 0.444 e. The zero-order valence-corrected chi connectivity index (χ0v) is 26.0. The highest BCUT2D eigenvalue weighted by molar-refractivity contribution is 5.81. The predicted octanol–water partition coefficient (Wildman–Crippen LogP) is 3.41. The van der Waals surface area contributed by atoms with Crippen LogP contribution in [0.3, 0.4) is 0 Å². The zero-order chi connectivity index (χ0) is 30.8. The summed E-state index contributed by atoms with van der Waals surface area (Å²) in [6.45, 7) is 15.1. The molecule has 2 heterocycles. The molecular formula is C29H56N4O7. The number of likely N-dealkylation sites (tertiary alicyclic amines) is 1. The number of alkyl carbamates (subject to hydrolysis) is 1. The van der Waals surface area contributed by atoms with Gasteiger partial charge in [0.25, 0.3) is 0 Å². The molecule has 2 aliphatic heterocycles. The number of carbonyl (C=O) groups excluding carboxylic acids is 4. The highest BCUT2D eigenvalue weighted by atomic mass is 16.6. The molecule has 0 atom stereocenters. The van der Waals surface area contributed by atoms with Crippen LogP contribution in [0.4, 0.5) is 9.59 Å². The number of hydrogen-bond acceptors (Lipinski definition) is 9. The Morgan fingerprint density at radius 3 is 1.77 bits per heavy atom. The number of ether oxygens (including phenoxy) is 2. The van der Waals surface area contributed by atoms with E-state index in [1.165, 1.54) is 0 Å². The quantitative estimate of drug-likeness (QED) is 0.304. The van der Waals surface area contributed by atoms with Crippen molar-refractivity contribution in [1.82, 2.24) is 15.5 Å². The van der Waals surface area contributed by atoms with Gasteiger partial charge in [0.1, 0.15) is 22.8 Å². The van der Waals surface area contributed by atoms with E-state index in [4.69, 9.17) is 20.3 Å². The normalized spacial score (nSPS) is 16.5. The molecule has 40 heavy (non-hydrogen) atoms. The molecule has 5 N–H and O–H groups in total. The van der Waals surface area contributed by atoms with Crippen LogP contribution in [-0.4, -0.2) is 91.3 Å². The Morgan fingerprint density at radius 1 is 0.825 bits per heavy atom. The fourth-order valence-corrected chi connectivity index (χ4v) is 4.31. The minimum Gasteiger partial charge on any atom is -0.444 e. The SMILES string of the molecule is CC(C)(C)OC(=O)NCCCC(=O)C1CCN(C(=O)OC(C)(C)C)CC1.CO.NCCCC(=O)C1CCNCC1. The molecular weight excluding hydrogens is 516 g/mol. The number of hydrogen-bond donors (Lipinski definition) is 4. The summed E-state index contributed by atoms with van der Waals surface area (Å²) in [6.07, 6.45) is 5.13. The number of amides is 2. The number of ketones is 2. The summed E-state index contributed by atoms with van der Waals surface area (Å²) in [5, 5.41) is 12.9. The van der Waals surface area contributed by atoms with E-state index in [0.29, 0.717) is 70.0 Å². The molecule has 234 valence electrons. The van der Waals surface area contributed by atoms with E-state index in [-0.39, 0.29) is 17.8 Å². The molecule has 2 aliphatic rings. The smallest absolute Gasteiger partial charge is 0.410 e. The van der Waals surface area contributed by atoms with Crippen molar-refractivity contribution in [2.75, 3.05) is 46.4 Å². The third-order valence-electron chi connectivity index (χ3n) is 6.29. The number of aliphatic hydroxyl groups is 1. The molecule has 11 nitrogen and oxygen atoms in total. The lowest BCUT2D eigenvalue weighted by molar-refractivity contribution is -0.124. The van der Waals surface area contributed by atoms with Crippen LogP contribution in [0.15, 0.2) is 0 Å². The number of Topliss-reactive ketones (excluding diaryl/α,β-unsaturated/α-hetero) is 2. The average Bonchev–Trinajstić information content (AvgIpc) is 2.89. The Kier molecular flexibility index (Phi) is 18.7. The minimum atomic E-state index is -0.526. The van der Waals surface area contributed by atoms with E-state index in [9.17, 15) is 19.2 Å². The number of piperidine rings is 2. The van der Waals surface area contributed by atoms with Crippen LogP contribution in [0.25, 0.3) is 0 Å². The van der Waals surface area contributed by atoms with E-state index < -0.39 is 17.3 Å². The van der Waals surface area contributed by atoms with Gasteiger partial charge in [0.15, 0.2) is 0 Å². The van der Waals surface area contributed by atoms with Gasteiger partial charge in [-0.3, -0.25) is 9.59 Å². The molecule has 0 aromatic rings. The van der Waals surface area contributed by atoms with Crippen LogP contribution < -0.4 is 16.4 Å². The van der Waals surface area contributed by atoms with Gasteiger partial charge in [-0.15, -0.1) is 0 Å². The monoisotopic (exact) mass is 572 g/mol. The van der Waals surface area contributed by atoms with Gasteiger partial charge in [-0.2, -0.15) is 0 Å². The summed E-state index contributed by atoms with van der Waals surface area (Å²) in [5.74, 6) is 0.912. The lowest BCUT2D eigenvalue weighted by Crippen LogP contribution is -2.43. The minimum absolute atomic E-state index is 0.0183. The Balaban J connectivity index is 0.000000902. The van der Waals surface area contributed by atoms with Crippen LogP contribution in [-0.2, 0) is 19.1 Å². The summed E-state index contributed by atoms with van der Waals surface area (Å²) in [5.41, 5.74) is 4.31. The van der Waals surface area contributed by atoms with E-state index in [2.05, 4.69) is 10.6 Å². The van der Waals surface area contributed by atoms with Gasteiger partial charge in [0.05, 0.1) is 0 Å². The van der Waals surface area contributed by atoms with Crippen molar-refractivity contribution in [3.8, 4) is 0 Å². The third-order valence-corrected chi connectivity index (χ3v) is 6.29. The van der Waals surface area contributed by atoms with Gasteiger partial charge in [-0.1, -0.05) is 0 Å². The maximum atomic E-state index is 12.3. The Labute approximate surface area is 241 Å². The van der Waals surface area contributed by atoms with Gasteiger partial charge >= 0.3 is 12.2 Å². The van der Waals surface area contributed by atoms with Crippen molar-refractivity contribution >= 4 is 23.8 Å². The summed E-state index contributed by atoms with van der Waals surface area (Å²) in [6, 6.07) is 0. The Morgan fingerprint density at radius 2 is 1.30 bits per heavy atom. The highest BCUT2D eigenvalue weighted by Gasteiger charge is 2.29. The highest BCUT2D eigenvalue weighted by Crippen LogP contribution is 2.22. The van der Waals surface area contributed by atoms with Gasteiger partial charge < -0.3 is 35.8 Å². The lowest BCUT2D eigenvalue weighted by Gasteiger charge is -2.33. The molecule has 2 rings (SSSR count). The molecule has 0 aromatic carbocycles. The van der Waals surface area contributed by atoms with Gasteiger partial charge in [-0.05, 0) is 99.7 Å². The van der Waals surface area contributed by atoms with Gasteiger partial charge in [0, 0.05) is 51.4 Å². The van der Waals surface area contributed by atoms with Crippen molar-refractivity contribution in [1.29, 1.82) is 0 Å². The second-order valence-corrected chi connectivity index (χ2v) is 12.1. The van der Waals surface area contributed by atoms with Crippen LogP contribution in [0.1, 0.15) is 92.9 Å². The number of aliphatic hydroxyl groups excluding tert-OH is 1. The first-order valence-electron chi connectivity index (χ1n) is 14.6. The molecule has 2 fully saturated rings. The first-order valence-corrected chi connectivity index (χ1v) is 14.6. The van der Waals surface area contributed by atoms with E-state index in [1.54, 1.807) is 25.7 Å². The number of nitrogens with two attached hydrogens (primary N) is 1. The van der Waals surface area contributed by atoms with E-state index in [0.717, 1.165) is 39.5 Å². The standard InChI is InChI=1S/C19H34N2O5.C9H18N2O.CH4O/c1-18(2,3)25-16(23)20-11-7-8-15(22)14-9-12-21(13-10-14)17(24)26-19(4,5)6;10-5-1-2-9(12)8-3-6-11-7-4-8;1-2/h14H,7-13H2,1-6H3,(H,20,23);8,11H,1-7,10H2;2H,1H3. The molecule has 0 aromatic heterocycles. The maximum absolute atomic E-state index is 12.3. The molecule has 0 aliphatic carbocycles. The number of nitrogens with zero attached hydrogens (tertiary/aromatic N) is 1. The summed E-state index contributed by atoms with van der Waals surface area (Å²) < 4.78 is 10.5. The molecule has 0 radical (unpaired) electrons. The Bertz CT molecular complexity index is 748. The number of nitrogens with one attached hydrogen (secondary N) is 2. The molecule has 2 saturated heterocycles. The summed E-state index contributed by atoms with van der Waals surface area (Å²) in [4.78, 5) is 49.0. The van der Waals surface area contributed by atoms with Crippen LogP contribution >= 0.6 is 0 Å². The predicted molar refractivity (Wildman–Crippen MR) is 156 cm³/mol. The summed E-state index contributed by atoms with van der Waals surface area (Å²) >= 11 is 0. The van der Waals surface area contributed by atoms with Gasteiger partial charge in [-0.25, -0.2) is 9.59 Å². The molecule has 0 bridgehead atoms. The fourth-order valence-electron chi connectivity index (χ4n) is 4.31. The van der Waals surface area contributed by atoms with Crippen LogP contribution in [0.5, 0.6) is 0 Å². The first kappa shape index (κ1) is 37.8. The topological polar surface area (TPSA) is 160 Å². The van der Waals surface area contributed by atoms with Crippen molar-refractivity contribution in [3.63, 3.8) is 0 Å². The third kappa shape index (κ3) is 18.2. The first-order chi connectivity index (χ1) is 18.7. The maximum Gasteiger partial charge on any atom is 0.410 e. The molecule has 2 amide bonds. The zero-order valence-electron chi connectivity index (χ0n) is 26.0.